The van der Waals surface area contributed by atoms with Crippen LogP contribution in [0.3, 0.4) is 0 Å². The Balaban J connectivity index is 1.68. The van der Waals surface area contributed by atoms with Crippen LogP contribution in [0.5, 0.6) is 0 Å². The predicted molar refractivity (Wildman–Crippen MR) is 111 cm³/mol. The fourth-order valence-corrected chi connectivity index (χ4v) is 3.45. The van der Waals surface area contributed by atoms with Crippen molar-refractivity contribution < 1.29 is 8.91 Å². The van der Waals surface area contributed by atoms with E-state index in [-0.39, 0.29) is 11.6 Å². The summed E-state index contributed by atoms with van der Waals surface area (Å²) in [6.07, 6.45) is 3.27. The summed E-state index contributed by atoms with van der Waals surface area (Å²) in [5, 5.41) is 12.5. The van der Waals surface area contributed by atoms with Crippen LogP contribution >= 0.6 is 15.9 Å². The Bertz CT molecular complexity index is 1330. The first-order chi connectivity index (χ1) is 14.7. The topological polar surface area (TPSA) is 82.5 Å². The van der Waals surface area contributed by atoms with Gasteiger partial charge in [-0.2, -0.15) is 4.98 Å². The molecule has 0 aliphatic heterocycles. The van der Waals surface area contributed by atoms with Gasteiger partial charge in [-0.05, 0) is 36.4 Å². The molecule has 0 radical (unpaired) electrons. The third-order valence-electron chi connectivity index (χ3n) is 4.42. The second-order valence-electron chi connectivity index (χ2n) is 6.32. The average molecular weight is 463 g/mol. The van der Waals surface area contributed by atoms with Gasteiger partial charge in [0.15, 0.2) is 5.69 Å². The van der Waals surface area contributed by atoms with Crippen LogP contribution < -0.4 is 0 Å². The number of aromatic nitrogens is 6. The molecule has 5 rings (SSSR count). The van der Waals surface area contributed by atoms with Crippen molar-refractivity contribution in [3.8, 4) is 39.9 Å². The Hall–Kier alpha value is -3.72. The van der Waals surface area contributed by atoms with Crippen molar-refractivity contribution in [1.82, 2.24) is 30.1 Å². The molecule has 7 nitrogen and oxygen atoms in total. The van der Waals surface area contributed by atoms with Crippen LogP contribution in [0.2, 0.25) is 0 Å². The second-order valence-corrected chi connectivity index (χ2v) is 7.23. The van der Waals surface area contributed by atoms with E-state index in [0.717, 1.165) is 15.6 Å². The molecule has 0 atom stereocenters. The minimum Gasteiger partial charge on any atom is -0.332 e. The van der Waals surface area contributed by atoms with E-state index in [1.807, 2.05) is 24.3 Å². The van der Waals surface area contributed by atoms with Crippen molar-refractivity contribution in [2.45, 2.75) is 0 Å². The van der Waals surface area contributed by atoms with E-state index in [9.17, 15) is 4.39 Å². The van der Waals surface area contributed by atoms with Gasteiger partial charge in [-0.15, -0.1) is 5.10 Å². The molecule has 0 N–H and O–H groups in total. The van der Waals surface area contributed by atoms with Gasteiger partial charge in [0.2, 0.25) is 5.82 Å². The lowest BCUT2D eigenvalue weighted by atomic mass is 10.1. The molecule has 5 aromatic rings. The molecule has 9 heteroatoms. The third-order valence-corrected chi connectivity index (χ3v) is 4.91. The summed E-state index contributed by atoms with van der Waals surface area (Å²) in [5.41, 5.74) is 2.64. The summed E-state index contributed by atoms with van der Waals surface area (Å²) >= 11 is 3.44. The molecule has 0 bridgehead atoms. The Labute approximate surface area is 178 Å². The van der Waals surface area contributed by atoms with E-state index < -0.39 is 5.82 Å². The Morgan fingerprint density at radius 1 is 0.933 bits per heavy atom. The number of pyridine rings is 1. The zero-order valence-corrected chi connectivity index (χ0v) is 16.9. The average Bonchev–Trinajstić information content (AvgIpc) is 3.42. The van der Waals surface area contributed by atoms with Crippen molar-refractivity contribution in [1.29, 1.82) is 0 Å². The summed E-state index contributed by atoms with van der Waals surface area (Å²) in [5.74, 6) is 0.163. The lowest BCUT2D eigenvalue weighted by Crippen LogP contribution is -2.02. The van der Waals surface area contributed by atoms with Crippen LogP contribution in [0.4, 0.5) is 4.39 Å². The van der Waals surface area contributed by atoms with Gasteiger partial charge in [-0.25, -0.2) is 9.07 Å². The quantitative estimate of drug-likeness (QED) is 0.375. The van der Waals surface area contributed by atoms with Crippen LogP contribution in [0.1, 0.15) is 0 Å². The first-order valence-corrected chi connectivity index (χ1v) is 9.71. The first kappa shape index (κ1) is 18.3. The lowest BCUT2D eigenvalue weighted by molar-refractivity contribution is 0.431. The normalized spacial score (nSPS) is 11.0. The SMILES string of the molecule is Fc1ccccc1-n1nnc(-c2nc(-c3cccc(Br)c3)no2)c1-c1ccncc1. The molecule has 0 fully saturated rings. The lowest BCUT2D eigenvalue weighted by Gasteiger charge is -2.08. The molecule has 0 aliphatic rings. The standard InChI is InChI=1S/C21H12BrFN6O/c22-15-5-3-4-14(12-15)20-25-21(30-27-20)18-19(13-8-10-24-11-9-13)29(28-26-18)17-7-2-1-6-16(17)23/h1-12H. The maximum atomic E-state index is 14.5. The van der Waals surface area contributed by atoms with Crippen molar-refractivity contribution in [2.75, 3.05) is 0 Å². The highest BCUT2D eigenvalue weighted by molar-refractivity contribution is 9.10. The molecule has 0 saturated heterocycles. The van der Waals surface area contributed by atoms with E-state index in [4.69, 9.17) is 4.52 Å². The van der Waals surface area contributed by atoms with E-state index in [0.29, 0.717) is 17.2 Å². The first-order valence-electron chi connectivity index (χ1n) is 8.92. The van der Waals surface area contributed by atoms with E-state index in [1.54, 1.807) is 42.7 Å². The van der Waals surface area contributed by atoms with Gasteiger partial charge in [-0.3, -0.25) is 4.98 Å². The minimum atomic E-state index is -0.426. The van der Waals surface area contributed by atoms with Crippen LogP contribution in [-0.4, -0.2) is 30.1 Å². The van der Waals surface area contributed by atoms with E-state index in [1.165, 1.54) is 10.7 Å². The van der Waals surface area contributed by atoms with Crippen LogP contribution in [0.15, 0.2) is 82.1 Å². The molecule has 146 valence electrons. The van der Waals surface area contributed by atoms with Gasteiger partial charge >= 0.3 is 0 Å². The van der Waals surface area contributed by atoms with Crippen molar-refractivity contribution >= 4 is 15.9 Å². The van der Waals surface area contributed by atoms with Gasteiger partial charge in [0, 0.05) is 28.0 Å². The highest BCUT2D eigenvalue weighted by Crippen LogP contribution is 2.32. The van der Waals surface area contributed by atoms with Gasteiger partial charge in [0.05, 0.1) is 0 Å². The molecule has 3 aromatic heterocycles. The Kier molecular flexibility index (Phi) is 4.64. The van der Waals surface area contributed by atoms with Crippen LogP contribution in [-0.2, 0) is 0 Å². The summed E-state index contributed by atoms with van der Waals surface area (Å²) in [4.78, 5) is 8.53. The fraction of sp³-hybridized carbons (Fsp3) is 0. The molecular weight excluding hydrogens is 451 g/mol. The van der Waals surface area contributed by atoms with E-state index >= 15 is 0 Å². The molecular formula is C21H12BrFN6O. The van der Waals surface area contributed by atoms with Crippen molar-refractivity contribution in [2.24, 2.45) is 0 Å². The zero-order chi connectivity index (χ0) is 20.5. The fourth-order valence-electron chi connectivity index (χ4n) is 3.05. The van der Waals surface area contributed by atoms with Gasteiger partial charge in [0.1, 0.15) is 17.2 Å². The van der Waals surface area contributed by atoms with Crippen LogP contribution in [0.25, 0.3) is 39.9 Å². The maximum Gasteiger partial charge on any atom is 0.281 e. The zero-order valence-electron chi connectivity index (χ0n) is 15.3. The number of para-hydroxylation sites is 1. The molecule has 0 aliphatic carbocycles. The summed E-state index contributed by atoms with van der Waals surface area (Å²) in [6, 6.07) is 17.5. The number of rotatable bonds is 4. The monoisotopic (exact) mass is 462 g/mol. The highest BCUT2D eigenvalue weighted by Gasteiger charge is 2.24. The Morgan fingerprint density at radius 3 is 2.57 bits per heavy atom. The van der Waals surface area contributed by atoms with Crippen molar-refractivity contribution in [3.05, 3.63) is 83.3 Å². The molecule has 3 heterocycles. The number of hydrogen-bond donors (Lipinski definition) is 0. The summed E-state index contributed by atoms with van der Waals surface area (Å²) in [7, 11) is 0. The molecule has 0 unspecified atom stereocenters. The summed E-state index contributed by atoms with van der Waals surface area (Å²) < 4.78 is 22.3. The number of halogens is 2. The minimum absolute atomic E-state index is 0.180. The largest absolute Gasteiger partial charge is 0.332 e. The van der Waals surface area contributed by atoms with Gasteiger partial charge in [-0.1, -0.05) is 50.6 Å². The number of benzene rings is 2. The Morgan fingerprint density at radius 2 is 1.77 bits per heavy atom. The third kappa shape index (κ3) is 3.29. The second kappa shape index (κ2) is 7.60. The number of hydrogen-bond acceptors (Lipinski definition) is 6. The number of nitrogens with zero attached hydrogens (tertiary/aromatic N) is 6. The smallest absolute Gasteiger partial charge is 0.281 e. The molecule has 0 amide bonds. The van der Waals surface area contributed by atoms with Gasteiger partial charge in [0.25, 0.3) is 5.89 Å². The maximum absolute atomic E-state index is 14.5. The van der Waals surface area contributed by atoms with Crippen LogP contribution in [0, 0.1) is 5.82 Å². The molecule has 0 spiro atoms. The molecule has 0 saturated carbocycles. The molecule has 2 aromatic carbocycles. The summed E-state index contributed by atoms with van der Waals surface area (Å²) in [6.45, 7) is 0. The highest BCUT2D eigenvalue weighted by atomic mass is 79.9. The van der Waals surface area contributed by atoms with E-state index in [2.05, 4.69) is 41.4 Å². The van der Waals surface area contributed by atoms with Gasteiger partial charge < -0.3 is 4.52 Å². The predicted octanol–water partition coefficient (Wildman–Crippen LogP) is 4.95. The molecule has 30 heavy (non-hydrogen) atoms. The van der Waals surface area contributed by atoms with Crippen molar-refractivity contribution in [3.63, 3.8) is 0 Å².